The number of hydrazine groups is 1. The highest BCUT2D eigenvalue weighted by molar-refractivity contribution is 5.80. The van der Waals surface area contributed by atoms with Crippen molar-refractivity contribution in [1.82, 2.24) is 15.8 Å². The quantitative estimate of drug-likeness (QED) is 0.601. The summed E-state index contributed by atoms with van der Waals surface area (Å²) in [6.45, 7) is 8.25. The number of amides is 1. The molecular weight excluding hydrogens is 378 g/mol. The van der Waals surface area contributed by atoms with E-state index in [4.69, 9.17) is 9.15 Å². The summed E-state index contributed by atoms with van der Waals surface area (Å²) in [5, 5.41) is 0. The average Bonchev–Trinajstić information content (AvgIpc) is 3.14. The predicted octanol–water partition coefficient (Wildman–Crippen LogP) is 5.01. The fourth-order valence-electron chi connectivity index (χ4n) is 4.14. The van der Waals surface area contributed by atoms with Crippen LogP contribution in [0.2, 0.25) is 0 Å². The van der Waals surface area contributed by atoms with Gasteiger partial charge >= 0.3 is 0 Å². The molecule has 1 aliphatic rings. The van der Waals surface area contributed by atoms with Crippen LogP contribution < -0.4 is 15.6 Å². The van der Waals surface area contributed by atoms with Crippen LogP contribution in [0.4, 0.5) is 0 Å². The third kappa shape index (κ3) is 4.05. The number of fused-ring (bicyclic) bond motifs is 1. The van der Waals surface area contributed by atoms with Gasteiger partial charge in [-0.3, -0.25) is 10.2 Å². The second-order valence-corrected chi connectivity index (χ2v) is 8.30. The SMILES string of the molecule is CCCC1C(=O)NNC(c2ccc3nc(-c4ccc(OC(C)C)cc4)oc3c2)C1C. The Morgan fingerprint density at radius 1 is 1.17 bits per heavy atom. The second-order valence-electron chi connectivity index (χ2n) is 8.30. The summed E-state index contributed by atoms with van der Waals surface area (Å²) in [6.07, 6.45) is 2.01. The molecule has 1 fully saturated rings. The van der Waals surface area contributed by atoms with Gasteiger partial charge in [0.05, 0.1) is 12.1 Å². The van der Waals surface area contributed by atoms with E-state index in [1.165, 1.54) is 0 Å². The fraction of sp³-hybridized carbons (Fsp3) is 0.417. The van der Waals surface area contributed by atoms with Crippen LogP contribution in [0.3, 0.4) is 0 Å². The number of hydrogen-bond donors (Lipinski definition) is 2. The topological polar surface area (TPSA) is 76.4 Å². The van der Waals surface area contributed by atoms with Gasteiger partial charge in [-0.25, -0.2) is 10.4 Å². The molecule has 3 aromatic rings. The number of aromatic nitrogens is 1. The van der Waals surface area contributed by atoms with Gasteiger partial charge < -0.3 is 9.15 Å². The lowest BCUT2D eigenvalue weighted by molar-refractivity contribution is -0.131. The molecule has 0 spiro atoms. The van der Waals surface area contributed by atoms with Crippen molar-refractivity contribution in [2.24, 2.45) is 11.8 Å². The maximum Gasteiger partial charge on any atom is 0.237 e. The van der Waals surface area contributed by atoms with Crippen molar-refractivity contribution >= 4 is 17.0 Å². The van der Waals surface area contributed by atoms with E-state index in [9.17, 15) is 4.79 Å². The van der Waals surface area contributed by atoms with Gasteiger partial charge in [0.15, 0.2) is 5.58 Å². The Bertz CT molecular complexity index is 1030. The number of benzene rings is 2. The summed E-state index contributed by atoms with van der Waals surface area (Å²) in [7, 11) is 0. The molecule has 1 aromatic heterocycles. The van der Waals surface area contributed by atoms with Crippen LogP contribution in [-0.2, 0) is 4.79 Å². The molecule has 2 N–H and O–H groups in total. The van der Waals surface area contributed by atoms with Crippen LogP contribution in [0.5, 0.6) is 5.75 Å². The lowest BCUT2D eigenvalue weighted by Crippen LogP contribution is -2.53. The van der Waals surface area contributed by atoms with Crippen LogP contribution in [-0.4, -0.2) is 17.0 Å². The summed E-state index contributed by atoms with van der Waals surface area (Å²) in [4.78, 5) is 16.9. The van der Waals surface area contributed by atoms with Crippen molar-refractivity contribution in [1.29, 1.82) is 0 Å². The van der Waals surface area contributed by atoms with Gasteiger partial charge in [-0.1, -0.05) is 26.3 Å². The van der Waals surface area contributed by atoms with Crippen LogP contribution in [0, 0.1) is 11.8 Å². The van der Waals surface area contributed by atoms with Crippen LogP contribution in [0.15, 0.2) is 46.9 Å². The Kier molecular flexibility index (Phi) is 5.77. The highest BCUT2D eigenvalue weighted by Gasteiger charge is 2.35. The van der Waals surface area contributed by atoms with E-state index in [2.05, 4.69) is 35.7 Å². The third-order valence-corrected chi connectivity index (χ3v) is 5.69. The molecule has 3 unspecified atom stereocenters. The van der Waals surface area contributed by atoms with Crippen LogP contribution in [0.25, 0.3) is 22.6 Å². The highest BCUT2D eigenvalue weighted by Crippen LogP contribution is 2.35. The van der Waals surface area contributed by atoms with Crippen LogP contribution >= 0.6 is 0 Å². The highest BCUT2D eigenvalue weighted by atomic mass is 16.5. The molecule has 1 amide bonds. The lowest BCUT2D eigenvalue weighted by Gasteiger charge is -2.36. The smallest absolute Gasteiger partial charge is 0.237 e. The summed E-state index contributed by atoms with van der Waals surface area (Å²) >= 11 is 0. The fourth-order valence-corrected chi connectivity index (χ4v) is 4.14. The summed E-state index contributed by atoms with van der Waals surface area (Å²) in [5.74, 6) is 1.68. The number of hydrogen-bond acceptors (Lipinski definition) is 5. The van der Waals surface area contributed by atoms with E-state index in [0.29, 0.717) is 5.89 Å². The summed E-state index contributed by atoms with van der Waals surface area (Å²) in [6, 6.07) is 13.9. The van der Waals surface area contributed by atoms with Gasteiger partial charge in [-0.05, 0) is 68.1 Å². The molecule has 0 bridgehead atoms. The van der Waals surface area contributed by atoms with E-state index in [0.717, 1.165) is 40.8 Å². The van der Waals surface area contributed by atoms with E-state index in [1.807, 2.05) is 50.2 Å². The largest absolute Gasteiger partial charge is 0.491 e. The molecule has 0 aliphatic carbocycles. The number of carbonyl (C=O) groups excluding carboxylic acids is 1. The van der Waals surface area contributed by atoms with E-state index < -0.39 is 0 Å². The number of nitrogens with zero attached hydrogens (tertiary/aromatic N) is 1. The normalized spacial score (nSPS) is 21.8. The van der Waals surface area contributed by atoms with Crippen molar-refractivity contribution in [3.8, 4) is 17.2 Å². The third-order valence-electron chi connectivity index (χ3n) is 5.69. The van der Waals surface area contributed by atoms with Gasteiger partial charge in [-0.15, -0.1) is 0 Å². The predicted molar refractivity (Wildman–Crippen MR) is 117 cm³/mol. The first-order valence-corrected chi connectivity index (χ1v) is 10.7. The van der Waals surface area contributed by atoms with Crippen molar-refractivity contribution in [3.05, 3.63) is 48.0 Å². The Hall–Kier alpha value is -2.86. The van der Waals surface area contributed by atoms with E-state index in [1.54, 1.807) is 0 Å². The first kappa shape index (κ1) is 20.4. The standard InChI is InChI=1S/C24H29N3O3/c1-5-6-19-15(4)22(26-27-23(19)28)17-9-12-20-21(13-17)30-24(25-20)16-7-10-18(11-8-16)29-14(2)3/h7-15,19,22,26H,5-6H2,1-4H3,(H,27,28). The second kappa shape index (κ2) is 8.48. The first-order valence-electron chi connectivity index (χ1n) is 10.7. The number of oxazole rings is 1. The maximum absolute atomic E-state index is 12.2. The molecular formula is C24H29N3O3. The Labute approximate surface area is 177 Å². The van der Waals surface area contributed by atoms with Gasteiger partial charge in [0.25, 0.3) is 0 Å². The number of ether oxygens (including phenoxy) is 1. The number of nitrogens with one attached hydrogen (secondary N) is 2. The van der Waals surface area contributed by atoms with Gasteiger partial charge in [0.1, 0.15) is 11.3 Å². The molecule has 3 atom stereocenters. The van der Waals surface area contributed by atoms with Gasteiger partial charge in [0, 0.05) is 11.5 Å². The Balaban J connectivity index is 1.59. The molecule has 6 heteroatoms. The Morgan fingerprint density at radius 3 is 2.63 bits per heavy atom. The van der Waals surface area contributed by atoms with E-state index in [-0.39, 0.29) is 29.9 Å². The zero-order valence-electron chi connectivity index (χ0n) is 17.9. The minimum Gasteiger partial charge on any atom is -0.491 e. The summed E-state index contributed by atoms with van der Waals surface area (Å²) < 4.78 is 11.8. The minimum absolute atomic E-state index is 0.00815. The zero-order valence-corrected chi connectivity index (χ0v) is 17.9. The minimum atomic E-state index is 0.00815. The molecule has 1 aliphatic heterocycles. The summed E-state index contributed by atoms with van der Waals surface area (Å²) in [5.41, 5.74) is 9.56. The van der Waals surface area contributed by atoms with Gasteiger partial charge in [-0.2, -0.15) is 0 Å². The van der Waals surface area contributed by atoms with E-state index >= 15 is 0 Å². The van der Waals surface area contributed by atoms with Gasteiger partial charge in [0.2, 0.25) is 11.8 Å². The molecule has 0 saturated carbocycles. The molecule has 30 heavy (non-hydrogen) atoms. The van der Waals surface area contributed by atoms with Crippen molar-refractivity contribution in [2.45, 2.75) is 52.7 Å². The number of rotatable bonds is 6. The number of carbonyl (C=O) groups is 1. The molecule has 158 valence electrons. The molecule has 2 aromatic carbocycles. The Morgan fingerprint density at radius 2 is 1.93 bits per heavy atom. The van der Waals surface area contributed by atoms with Crippen molar-refractivity contribution < 1.29 is 13.9 Å². The van der Waals surface area contributed by atoms with Crippen LogP contribution in [0.1, 0.15) is 52.1 Å². The molecule has 0 radical (unpaired) electrons. The maximum atomic E-state index is 12.2. The lowest BCUT2D eigenvalue weighted by atomic mass is 9.80. The first-order chi connectivity index (χ1) is 14.5. The zero-order chi connectivity index (χ0) is 21.3. The molecule has 2 heterocycles. The average molecular weight is 408 g/mol. The monoisotopic (exact) mass is 407 g/mol. The molecule has 6 nitrogen and oxygen atoms in total. The van der Waals surface area contributed by atoms with Crippen molar-refractivity contribution in [3.63, 3.8) is 0 Å². The van der Waals surface area contributed by atoms with Crippen molar-refractivity contribution in [2.75, 3.05) is 0 Å². The molecule has 1 saturated heterocycles. The molecule has 4 rings (SSSR count).